The van der Waals surface area contributed by atoms with Crippen LogP contribution in [0, 0.1) is 0 Å². The summed E-state index contributed by atoms with van der Waals surface area (Å²) in [5, 5.41) is 11.1. The molecule has 3 aliphatic heterocycles. The van der Waals surface area contributed by atoms with Gasteiger partial charge in [-0.05, 0) is 60.0 Å². The molecule has 1 saturated heterocycles. The first-order chi connectivity index (χ1) is 14.7. The number of benzene rings is 2. The fourth-order valence-corrected chi connectivity index (χ4v) is 5.68. The number of nitrogens with two attached hydrogens (primary N) is 1. The molecule has 2 bridgehead atoms. The van der Waals surface area contributed by atoms with Crippen molar-refractivity contribution in [1.29, 1.82) is 0 Å². The van der Waals surface area contributed by atoms with E-state index in [-0.39, 0.29) is 18.9 Å². The molecule has 3 N–H and O–H groups in total. The van der Waals surface area contributed by atoms with Crippen molar-refractivity contribution < 1.29 is 19.3 Å². The predicted molar refractivity (Wildman–Crippen MR) is 112 cm³/mol. The van der Waals surface area contributed by atoms with Crippen molar-refractivity contribution in [2.45, 2.75) is 43.1 Å². The first-order valence-corrected chi connectivity index (χ1v) is 10.7. The molecule has 1 aliphatic carbocycles. The molecule has 0 saturated carbocycles. The number of hydrogen-bond acceptors (Lipinski definition) is 6. The average Bonchev–Trinajstić information content (AvgIpc) is 3.29. The second kappa shape index (κ2) is 6.74. The van der Waals surface area contributed by atoms with Crippen molar-refractivity contribution in [3.8, 4) is 17.2 Å². The third kappa shape index (κ3) is 2.61. The number of aliphatic hydroxyl groups excluding tert-OH is 1. The minimum atomic E-state index is -0.447. The molecular formula is C24H26N2O4. The van der Waals surface area contributed by atoms with Gasteiger partial charge in [0.1, 0.15) is 11.9 Å². The highest BCUT2D eigenvalue weighted by molar-refractivity contribution is 5.56. The Labute approximate surface area is 175 Å². The maximum atomic E-state index is 11.1. The predicted octanol–water partition coefficient (Wildman–Crippen LogP) is 2.12. The van der Waals surface area contributed by atoms with Crippen LogP contribution in [-0.2, 0) is 18.4 Å². The lowest BCUT2D eigenvalue weighted by Gasteiger charge is -2.46. The van der Waals surface area contributed by atoms with Crippen molar-refractivity contribution in [2.24, 2.45) is 5.73 Å². The summed E-state index contributed by atoms with van der Waals surface area (Å²) < 4.78 is 17.5. The van der Waals surface area contributed by atoms with E-state index in [9.17, 15) is 5.11 Å². The third-order valence-electron chi connectivity index (χ3n) is 7.08. The van der Waals surface area contributed by atoms with E-state index in [2.05, 4.69) is 41.3 Å². The lowest BCUT2D eigenvalue weighted by Crippen LogP contribution is -2.52. The van der Waals surface area contributed by atoms with Gasteiger partial charge in [0, 0.05) is 25.6 Å². The lowest BCUT2D eigenvalue weighted by molar-refractivity contribution is 0.102. The van der Waals surface area contributed by atoms with Gasteiger partial charge in [0.15, 0.2) is 11.5 Å². The van der Waals surface area contributed by atoms with Crippen molar-refractivity contribution in [1.82, 2.24) is 4.90 Å². The summed E-state index contributed by atoms with van der Waals surface area (Å²) in [7, 11) is 0. The molecule has 0 spiro atoms. The summed E-state index contributed by atoms with van der Waals surface area (Å²) in [5.74, 6) is 2.44. The second-order valence-corrected chi connectivity index (χ2v) is 8.69. The summed E-state index contributed by atoms with van der Waals surface area (Å²) in [4.78, 5) is 2.39. The van der Waals surface area contributed by atoms with E-state index >= 15 is 0 Å². The maximum absolute atomic E-state index is 11.1. The lowest BCUT2D eigenvalue weighted by atomic mass is 9.65. The van der Waals surface area contributed by atoms with Gasteiger partial charge in [0.05, 0.1) is 11.5 Å². The molecule has 4 aliphatic rings. The summed E-state index contributed by atoms with van der Waals surface area (Å²) in [6.07, 6.45) is 5.55. The van der Waals surface area contributed by atoms with Crippen LogP contribution in [0.1, 0.15) is 23.1 Å². The molecule has 2 aromatic carbocycles. The molecule has 156 valence electrons. The van der Waals surface area contributed by atoms with Crippen molar-refractivity contribution in [2.75, 3.05) is 19.9 Å². The van der Waals surface area contributed by atoms with Crippen LogP contribution in [0.3, 0.4) is 0 Å². The normalized spacial score (nSPS) is 32.6. The van der Waals surface area contributed by atoms with E-state index in [0.29, 0.717) is 13.1 Å². The van der Waals surface area contributed by atoms with Crippen LogP contribution in [0.25, 0.3) is 0 Å². The van der Waals surface area contributed by atoms with Crippen LogP contribution in [0.4, 0.5) is 0 Å². The molecule has 6 nitrogen and oxygen atoms in total. The molecule has 30 heavy (non-hydrogen) atoms. The van der Waals surface area contributed by atoms with Gasteiger partial charge in [-0.3, -0.25) is 4.90 Å². The van der Waals surface area contributed by atoms with E-state index in [1.807, 2.05) is 12.1 Å². The smallest absolute Gasteiger partial charge is 0.231 e. The SMILES string of the molecule is NCCc1ccc(OC2C=CC34c5cc6c(cc5CN(CC3O)C4C2)OCO6)cc1. The topological polar surface area (TPSA) is 77.2 Å². The number of hydrogen-bond donors (Lipinski definition) is 2. The monoisotopic (exact) mass is 406 g/mol. The zero-order valence-corrected chi connectivity index (χ0v) is 16.8. The van der Waals surface area contributed by atoms with Crippen LogP contribution in [-0.4, -0.2) is 48.1 Å². The van der Waals surface area contributed by atoms with Crippen LogP contribution in [0.5, 0.6) is 17.2 Å². The van der Waals surface area contributed by atoms with Gasteiger partial charge in [-0.25, -0.2) is 0 Å². The molecule has 5 unspecified atom stereocenters. The van der Waals surface area contributed by atoms with Crippen LogP contribution in [0.2, 0.25) is 0 Å². The molecule has 3 heterocycles. The highest BCUT2D eigenvalue weighted by Gasteiger charge is 2.58. The average molecular weight is 406 g/mol. The second-order valence-electron chi connectivity index (χ2n) is 8.69. The van der Waals surface area contributed by atoms with E-state index in [1.165, 1.54) is 16.7 Å². The molecule has 6 rings (SSSR count). The number of nitrogens with zero attached hydrogens (tertiary/aromatic N) is 1. The number of aliphatic hydroxyl groups is 1. The van der Waals surface area contributed by atoms with Crippen LogP contribution in [0.15, 0.2) is 48.6 Å². The summed E-state index contributed by atoms with van der Waals surface area (Å²) in [5.41, 5.74) is 8.82. The van der Waals surface area contributed by atoms with Gasteiger partial charge >= 0.3 is 0 Å². The first kappa shape index (κ1) is 18.2. The Hall–Kier alpha value is -2.54. The van der Waals surface area contributed by atoms with E-state index < -0.39 is 11.5 Å². The molecule has 0 amide bonds. The van der Waals surface area contributed by atoms with Gasteiger partial charge in [0.2, 0.25) is 6.79 Å². The Balaban J connectivity index is 1.31. The Morgan fingerprint density at radius 2 is 1.97 bits per heavy atom. The number of rotatable bonds is 4. The maximum Gasteiger partial charge on any atom is 0.231 e. The molecule has 2 aromatic rings. The standard InChI is InChI=1S/C24H26N2O4/c25-8-6-15-1-3-17(4-2-15)30-18-5-7-24-19-11-21-20(28-14-29-21)9-16(19)12-26(13-23(24)27)22(24)10-18/h1-5,7,9,11,18,22-23,27H,6,8,10,12-14,25H2. The zero-order chi connectivity index (χ0) is 20.3. The first-order valence-electron chi connectivity index (χ1n) is 10.7. The van der Waals surface area contributed by atoms with E-state index in [0.717, 1.165) is 36.6 Å². The van der Waals surface area contributed by atoms with Gasteiger partial charge in [-0.2, -0.15) is 0 Å². The quantitative estimate of drug-likeness (QED) is 0.758. The van der Waals surface area contributed by atoms with Gasteiger partial charge in [-0.1, -0.05) is 18.2 Å². The molecule has 6 heteroatoms. The number of ether oxygens (including phenoxy) is 3. The van der Waals surface area contributed by atoms with Crippen LogP contribution >= 0.6 is 0 Å². The molecule has 1 fully saturated rings. The fraction of sp³-hybridized carbons (Fsp3) is 0.417. The fourth-order valence-electron chi connectivity index (χ4n) is 5.68. The summed E-state index contributed by atoms with van der Waals surface area (Å²) >= 11 is 0. The summed E-state index contributed by atoms with van der Waals surface area (Å²) in [6.45, 7) is 2.38. The Morgan fingerprint density at radius 3 is 2.77 bits per heavy atom. The molecular weight excluding hydrogens is 380 g/mol. The Kier molecular flexibility index (Phi) is 4.10. The highest BCUT2D eigenvalue weighted by Crippen LogP contribution is 2.53. The number of fused-ring (bicyclic) bond motifs is 2. The van der Waals surface area contributed by atoms with Crippen molar-refractivity contribution in [3.63, 3.8) is 0 Å². The Bertz CT molecular complexity index is 1010. The van der Waals surface area contributed by atoms with Gasteiger partial charge in [0.25, 0.3) is 0 Å². The Morgan fingerprint density at radius 1 is 1.17 bits per heavy atom. The van der Waals surface area contributed by atoms with Crippen LogP contribution < -0.4 is 19.9 Å². The minimum Gasteiger partial charge on any atom is -0.486 e. The zero-order valence-electron chi connectivity index (χ0n) is 16.8. The van der Waals surface area contributed by atoms with E-state index in [1.54, 1.807) is 0 Å². The largest absolute Gasteiger partial charge is 0.486 e. The molecule has 5 atom stereocenters. The van der Waals surface area contributed by atoms with E-state index in [4.69, 9.17) is 19.9 Å². The van der Waals surface area contributed by atoms with Gasteiger partial charge < -0.3 is 25.1 Å². The molecule has 0 aromatic heterocycles. The highest BCUT2D eigenvalue weighted by atomic mass is 16.7. The van der Waals surface area contributed by atoms with Crippen molar-refractivity contribution >= 4 is 0 Å². The minimum absolute atomic E-state index is 0.0214. The summed E-state index contributed by atoms with van der Waals surface area (Å²) in [6, 6.07) is 12.6. The third-order valence-corrected chi connectivity index (χ3v) is 7.08. The molecule has 0 radical (unpaired) electrons. The van der Waals surface area contributed by atoms with Gasteiger partial charge in [-0.15, -0.1) is 0 Å². The van der Waals surface area contributed by atoms with Crippen molar-refractivity contribution in [3.05, 3.63) is 65.2 Å².